The Kier molecular flexibility index (Phi) is 22.2. The zero-order chi connectivity index (χ0) is 42.7. The van der Waals surface area contributed by atoms with Crippen molar-refractivity contribution < 1.29 is 56.5 Å². The number of aliphatic hydroxyl groups excluding tert-OH is 1. The van der Waals surface area contributed by atoms with E-state index in [-0.39, 0.29) is 68.6 Å². The van der Waals surface area contributed by atoms with E-state index < -0.39 is 27.5 Å². The van der Waals surface area contributed by atoms with E-state index in [2.05, 4.69) is 42.5 Å². The van der Waals surface area contributed by atoms with Gasteiger partial charge in [-0.25, -0.2) is 18.7 Å². The third kappa shape index (κ3) is 18.4. The standard InChI is InChI=1S/C37H68N6O12P2S2/c1-3-28(14-4-5-15-31-34-29(24-58-31)40-36(46)42-34)38-18-10-9-13-27(22-53-56(48,49)52-2)23-55-57(50,51)54-21-26(20-44)12-8-11-19-39-33(45)17-7-6-16-32-35-30(25-59-32)41-37(47)43-35/h3,26-27,29-32,34-35,38,44H,4-25H2,1-2H3,(H,39,45)(H,48,49)(H,50,51)(H2,40,42,46)(H2,41,43,47)/b28-3+. The van der Waals surface area contributed by atoms with E-state index in [1.54, 1.807) is 0 Å². The highest BCUT2D eigenvalue weighted by Crippen LogP contribution is 2.46. The third-order valence-corrected chi connectivity index (χ3v) is 16.1. The second-order valence-corrected chi connectivity index (χ2v) is 21.3. The second kappa shape index (κ2) is 26.1. The van der Waals surface area contributed by atoms with E-state index in [0.717, 1.165) is 75.7 Å². The van der Waals surface area contributed by atoms with Crippen molar-refractivity contribution in [1.82, 2.24) is 31.9 Å². The summed E-state index contributed by atoms with van der Waals surface area (Å²) in [6.07, 6.45) is 13.0. The van der Waals surface area contributed by atoms with Crippen LogP contribution in [0.3, 0.4) is 0 Å². The zero-order valence-corrected chi connectivity index (χ0v) is 37.9. The molecule has 0 aromatic rings. The minimum absolute atomic E-state index is 0.0133. The number of rotatable bonds is 32. The highest BCUT2D eigenvalue weighted by atomic mass is 32.2. The molecule has 0 radical (unpaired) electrons. The van der Waals surface area contributed by atoms with Crippen LogP contribution in [0.1, 0.15) is 96.8 Å². The number of hydrogen-bond acceptors (Lipinski definition) is 13. The number of fused-ring (bicyclic) bond motifs is 2. The number of phosphoric acid groups is 2. The van der Waals surface area contributed by atoms with Crippen LogP contribution in [0.15, 0.2) is 11.8 Å². The first kappa shape index (κ1) is 50.1. The molecule has 18 nitrogen and oxygen atoms in total. The molecule has 4 saturated heterocycles. The number of carbonyl (C=O) groups is 3. The number of unbranched alkanes of at least 4 members (excludes halogenated alkanes) is 4. The lowest BCUT2D eigenvalue weighted by Crippen LogP contribution is -2.36. The fraction of sp³-hybridized carbons (Fsp3) is 0.865. The molecule has 0 aromatic carbocycles. The van der Waals surface area contributed by atoms with E-state index in [4.69, 9.17) is 13.6 Å². The number of allylic oxidation sites excluding steroid dienone is 2. The molecule has 4 rings (SSSR count). The van der Waals surface area contributed by atoms with Crippen LogP contribution in [-0.4, -0.2) is 126 Å². The van der Waals surface area contributed by atoms with Crippen molar-refractivity contribution in [2.75, 3.05) is 58.1 Å². The van der Waals surface area contributed by atoms with Crippen molar-refractivity contribution >= 4 is 57.1 Å². The molecule has 22 heteroatoms. The van der Waals surface area contributed by atoms with Gasteiger partial charge in [-0.2, -0.15) is 23.5 Å². The van der Waals surface area contributed by atoms with E-state index >= 15 is 0 Å². The van der Waals surface area contributed by atoms with Gasteiger partial charge in [0.1, 0.15) is 0 Å². The highest BCUT2D eigenvalue weighted by molar-refractivity contribution is 8.00. The van der Waals surface area contributed by atoms with Crippen LogP contribution in [0.4, 0.5) is 9.59 Å². The summed E-state index contributed by atoms with van der Waals surface area (Å²) in [7, 11) is -7.73. The molecule has 340 valence electrons. The van der Waals surface area contributed by atoms with Crippen LogP contribution in [0.2, 0.25) is 0 Å². The molecule has 0 bridgehead atoms. The van der Waals surface area contributed by atoms with Crippen molar-refractivity contribution in [3.8, 4) is 0 Å². The largest absolute Gasteiger partial charge is 0.472 e. The molecule has 5 amide bonds. The molecule has 4 aliphatic heterocycles. The topological polar surface area (TPSA) is 255 Å². The van der Waals surface area contributed by atoms with E-state index in [0.29, 0.717) is 62.1 Å². The predicted octanol–water partition coefficient (Wildman–Crippen LogP) is 4.51. The smallest absolute Gasteiger partial charge is 0.396 e. The molecule has 0 spiro atoms. The van der Waals surface area contributed by atoms with Gasteiger partial charge in [-0.1, -0.05) is 31.8 Å². The lowest BCUT2D eigenvalue weighted by molar-refractivity contribution is -0.121. The Labute approximate surface area is 357 Å². The van der Waals surface area contributed by atoms with Gasteiger partial charge in [0.2, 0.25) is 5.91 Å². The molecular formula is C37H68N6O12P2S2. The molecule has 0 aromatic heterocycles. The van der Waals surface area contributed by atoms with Crippen LogP contribution in [-0.2, 0) is 32.0 Å². The quantitative estimate of drug-likeness (QED) is 0.0256. The van der Waals surface area contributed by atoms with Gasteiger partial charge in [0, 0.05) is 72.8 Å². The van der Waals surface area contributed by atoms with Gasteiger partial charge >= 0.3 is 27.7 Å². The van der Waals surface area contributed by atoms with Gasteiger partial charge in [0.15, 0.2) is 0 Å². The summed E-state index contributed by atoms with van der Waals surface area (Å²) in [4.78, 5) is 55.7. The summed E-state index contributed by atoms with van der Waals surface area (Å²) >= 11 is 3.79. The van der Waals surface area contributed by atoms with Gasteiger partial charge in [0.05, 0.1) is 44.0 Å². The van der Waals surface area contributed by atoms with Crippen LogP contribution >= 0.6 is 39.2 Å². The van der Waals surface area contributed by atoms with Crippen LogP contribution in [0.5, 0.6) is 0 Å². The average molecular weight is 915 g/mol. The number of nitrogens with one attached hydrogen (secondary N) is 6. The van der Waals surface area contributed by atoms with Crippen LogP contribution in [0, 0.1) is 11.8 Å². The minimum atomic E-state index is -4.51. The van der Waals surface area contributed by atoms with Crippen molar-refractivity contribution in [2.24, 2.45) is 11.8 Å². The van der Waals surface area contributed by atoms with E-state index in [1.807, 2.05) is 30.4 Å². The van der Waals surface area contributed by atoms with E-state index in [1.165, 1.54) is 0 Å². The summed E-state index contributed by atoms with van der Waals surface area (Å²) in [6.45, 7) is 2.25. The number of hydrogen-bond donors (Lipinski definition) is 9. The van der Waals surface area contributed by atoms with Crippen molar-refractivity contribution in [3.63, 3.8) is 0 Å². The minimum Gasteiger partial charge on any atom is -0.396 e. The molecule has 4 fully saturated rings. The SMILES string of the molecule is C/C=C(\CCCCC1SCC2NC(=O)NC21)NCCCCC(COP(=O)(O)OC)COP(=O)(O)OCC(CO)CCCCNC(=O)CCCCC1SCC2NC(=O)NC21. The monoisotopic (exact) mass is 914 g/mol. The fourth-order valence-corrected chi connectivity index (χ4v) is 12.2. The summed E-state index contributed by atoms with van der Waals surface area (Å²) in [5.74, 6) is 0.947. The van der Waals surface area contributed by atoms with Crippen LogP contribution < -0.4 is 31.9 Å². The number of phosphoric ester groups is 2. The number of amides is 5. The Bertz CT molecular complexity index is 1460. The van der Waals surface area contributed by atoms with Crippen molar-refractivity contribution in [2.45, 2.75) is 131 Å². The molecule has 10 atom stereocenters. The van der Waals surface area contributed by atoms with Crippen molar-refractivity contribution in [3.05, 3.63) is 11.8 Å². The van der Waals surface area contributed by atoms with Gasteiger partial charge < -0.3 is 46.8 Å². The van der Waals surface area contributed by atoms with E-state index in [9.17, 15) is 38.4 Å². The first-order chi connectivity index (χ1) is 28.3. The lowest BCUT2D eigenvalue weighted by Gasteiger charge is -2.21. The fourth-order valence-electron chi connectivity index (χ4n) is 7.72. The maximum absolute atomic E-state index is 12.8. The Morgan fingerprint density at radius 2 is 1.25 bits per heavy atom. The Balaban J connectivity index is 1.04. The predicted molar refractivity (Wildman–Crippen MR) is 229 cm³/mol. The third-order valence-electron chi connectivity index (χ3n) is 11.2. The normalized spacial score (nSPS) is 26.8. The molecule has 0 saturated carbocycles. The summed E-state index contributed by atoms with van der Waals surface area (Å²) in [5, 5.41) is 29.0. The second-order valence-electron chi connectivity index (χ2n) is 15.7. The Morgan fingerprint density at radius 1 is 0.746 bits per heavy atom. The molecule has 4 aliphatic rings. The first-order valence-corrected chi connectivity index (χ1v) is 26.2. The summed E-state index contributed by atoms with van der Waals surface area (Å²) < 4.78 is 44.8. The van der Waals surface area contributed by atoms with Gasteiger partial charge in [0.25, 0.3) is 0 Å². The average Bonchev–Trinajstić information content (AvgIpc) is 3.97. The number of urea groups is 2. The van der Waals surface area contributed by atoms with Gasteiger partial charge in [-0.3, -0.25) is 22.9 Å². The highest BCUT2D eigenvalue weighted by Gasteiger charge is 2.43. The number of thioether (sulfide) groups is 2. The first-order valence-electron chi connectivity index (χ1n) is 21.1. The summed E-state index contributed by atoms with van der Waals surface area (Å²) in [6, 6.07) is 0.659. The molecule has 9 N–H and O–H groups in total. The molecular weight excluding hydrogens is 847 g/mol. The zero-order valence-electron chi connectivity index (χ0n) is 34.5. The lowest BCUT2D eigenvalue weighted by atomic mass is 10.0. The Morgan fingerprint density at radius 3 is 1.80 bits per heavy atom. The van der Waals surface area contributed by atoms with Gasteiger partial charge in [-0.05, 0) is 64.7 Å². The Hall–Kier alpha value is -1.57. The maximum Gasteiger partial charge on any atom is 0.472 e. The van der Waals surface area contributed by atoms with Gasteiger partial charge in [-0.15, -0.1) is 0 Å². The maximum atomic E-state index is 12.8. The summed E-state index contributed by atoms with van der Waals surface area (Å²) in [5.41, 5.74) is 1.16. The molecule has 59 heavy (non-hydrogen) atoms. The van der Waals surface area contributed by atoms with Crippen molar-refractivity contribution in [1.29, 1.82) is 0 Å². The number of aliphatic hydroxyl groups is 1. The van der Waals surface area contributed by atoms with Crippen LogP contribution in [0.25, 0.3) is 0 Å². The molecule has 10 unspecified atom stereocenters. The molecule has 0 aliphatic carbocycles. The molecule has 4 heterocycles. The number of carbonyl (C=O) groups excluding carboxylic acids is 3.